The molecule has 5 heavy (non-hydrogen) atoms. The zero-order valence-corrected chi connectivity index (χ0v) is 7.88. The van der Waals surface area contributed by atoms with Crippen LogP contribution in [0.25, 0.3) is 0 Å². The second-order valence-electron chi connectivity index (χ2n) is 1.09. The first-order chi connectivity index (χ1) is 2.39. The molecule has 0 unspecified atom stereocenters. The summed E-state index contributed by atoms with van der Waals surface area (Å²) in [6.07, 6.45) is 0. The number of rotatable bonds is 0. The molecule has 0 aromatic rings. The monoisotopic (exact) mass is 280 g/mol. The summed E-state index contributed by atoms with van der Waals surface area (Å²) >= 11 is -0.729. The summed E-state index contributed by atoms with van der Waals surface area (Å²) in [6.45, 7) is 0. The van der Waals surface area contributed by atoms with Crippen molar-refractivity contribution >= 4 is 26.8 Å². The van der Waals surface area contributed by atoms with Gasteiger partial charge in [-0.25, -0.2) is 0 Å². The van der Waals surface area contributed by atoms with Gasteiger partial charge in [-0.3, -0.25) is 0 Å². The molecule has 1 aliphatic heterocycles. The Hall–Kier alpha value is 0.962. The maximum absolute atomic E-state index is 2.42. The van der Waals surface area contributed by atoms with Crippen molar-refractivity contribution in [1.29, 1.82) is 0 Å². The van der Waals surface area contributed by atoms with Crippen LogP contribution in [0.4, 0.5) is 0 Å². The molecule has 1 heterocycles. The van der Waals surface area contributed by atoms with Gasteiger partial charge in [-0.1, -0.05) is 0 Å². The summed E-state index contributed by atoms with van der Waals surface area (Å²) in [6, 6.07) is 0. The zero-order chi connectivity index (χ0) is 3.70. The average Bonchev–Trinajstić information content (AvgIpc) is 1.30. The molecule has 0 aromatic heterocycles. The molecule has 0 aliphatic carbocycles. The normalized spacial score (nSPS) is 20.6. The van der Waals surface area contributed by atoms with E-state index in [9.17, 15) is 0 Å². The van der Waals surface area contributed by atoms with Gasteiger partial charge in [-0.2, -0.15) is 0 Å². The fourth-order valence-electron chi connectivity index (χ4n) is 0.224. The van der Waals surface area contributed by atoms with Crippen molar-refractivity contribution in [3.63, 3.8) is 0 Å². The van der Waals surface area contributed by atoms with Crippen molar-refractivity contribution in [3.8, 4) is 0 Å². The standard InChI is InChI=1S/C2H2P.CH3.Pb/c1-2-3;;/h1-2H;1H3;. The van der Waals surface area contributed by atoms with Crippen molar-refractivity contribution in [3.05, 3.63) is 9.45 Å². The molecule has 1 aliphatic rings. The second kappa shape index (κ2) is 1.61. The molecule has 0 N–H and O–H groups in total. The molecule has 0 fully saturated rings. The van der Waals surface area contributed by atoms with E-state index in [4.69, 9.17) is 0 Å². The van der Waals surface area contributed by atoms with Gasteiger partial charge in [0, 0.05) is 0 Å². The summed E-state index contributed by atoms with van der Waals surface area (Å²) in [5.74, 6) is 2.27. The van der Waals surface area contributed by atoms with Crippen molar-refractivity contribution < 1.29 is 0 Å². The van der Waals surface area contributed by atoms with Gasteiger partial charge < -0.3 is 0 Å². The first kappa shape index (κ1) is 4.13. The Morgan fingerprint density at radius 2 is 2.20 bits per heavy atom. The van der Waals surface area contributed by atoms with Crippen molar-refractivity contribution in [2.75, 3.05) is 0 Å². The van der Waals surface area contributed by atoms with E-state index in [-0.39, 0.29) is 0 Å². The van der Waals surface area contributed by atoms with Crippen LogP contribution in [-0.4, -0.2) is 21.6 Å². The van der Waals surface area contributed by atoms with Crippen LogP contribution >= 0.6 is 5.23 Å². The van der Waals surface area contributed by atoms with Crippen LogP contribution in [0.15, 0.2) is 9.45 Å². The quantitative estimate of drug-likeness (QED) is 0.467. The van der Waals surface area contributed by atoms with E-state index in [1.807, 2.05) is 0 Å². The van der Waals surface area contributed by atoms with Gasteiger partial charge in [0.1, 0.15) is 0 Å². The zero-order valence-electron chi connectivity index (χ0n) is 3.10. The summed E-state index contributed by atoms with van der Waals surface area (Å²) in [7, 11) is 0. The summed E-state index contributed by atoms with van der Waals surface area (Å²) < 4.78 is 4.85. The van der Waals surface area contributed by atoms with Crippen LogP contribution in [0.3, 0.4) is 0 Å². The van der Waals surface area contributed by atoms with Crippen LogP contribution in [0, 0.1) is 0 Å². The van der Waals surface area contributed by atoms with E-state index in [1.54, 1.807) is 5.23 Å². The molecule has 26 valence electrons. The maximum atomic E-state index is 2.42. The van der Waals surface area contributed by atoms with E-state index in [0.717, 1.165) is 0 Å². The molecule has 2 heteroatoms. The molecule has 0 saturated heterocycles. The van der Waals surface area contributed by atoms with Gasteiger partial charge in [0.25, 0.3) is 0 Å². The molecule has 1 rings (SSSR count). The van der Waals surface area contributed by atoms with Gasteiger partial charge in [0.05, 0.1) is 0 Å². The first-order valence-electron chi connectivity index (χ1n) is 1.60. The fourth-order valence-corrected chi connectivity index (χ4v) is 5.89. The van der Waals surface area contributed by atoms with Crippen LogP contribution in [0.2, 0.25) is 4.48 Å². The van der Waals surface area contributed by atoms with E-state index in [1.165, 1.54) is 0 Å². The third-order valence-electron chi connectivity index (χ3n) is 0.594. The van der Waals surface area contributed by atoms with E-state index < -0.39 is 21.6 Å². The molecule has 0 spiro atoms. The van der Waals surface area contributed by atoms with Crippen molar-refractivity contribution in [2.45, 2.75) is 4.48 Å². The number of hydrogen-bond acceptors (Lipinski definition) is 0. The Kier molecular flexibility index (Phi) is 1.33. The molecule has 0 bridgehead atoms. The molecule has 0 radical (unpaired) electrons. The van der Waals surface area contributed by atoms with E-state index in [2.05, 4.69) is 13.9 Å². The Balaban J connectivity index is 2.60. The Morgan fingerprint density at radius 1 is 1.80 bits per heavy atom. The van der Waals surface area contributed by atoms with Gasteiger partial charge in [0.15, 0.2) is 0 Å². The van der Waals surface area contributed by atoms with Gasteiger partial charge in [-0.05, 0) is 0 Å². The van der Waals surface area contributed by atoms with Gasteiger partial charge in [0.2, 0.25) is 0 Å². The van der Waals surface area contributed by atoms with Gasteiger partial charge in [-0.15, -0.1) is 0 Å². The van der Waals surface area contributed by atoms with E-state index in [0.29, 0.717) is 0 Å². The van der Waals surface area contributed by atoms with Crippen molar-refractivity contribution in [1.82, 2.24) is 0 Å². The molecular weight excluding hydrogens is 274 g/mol. The Morgan fingerprint density at radius 3 is 2.20 bits per heavy atom. The Labute approximate surface area is 40.8 Å². The Bertz CT molecular complexity index is 93.1. The summed E-state index contributed by atoms with van der Waals surface area (Å²) in [5, 5.41) is 1.71. The topological polar surface area (TPSA) is 0 Å². The predicted octanol–water partition coefficient (Wildman–Crippen LogP) is 1.62. The van der Waals surface area contributed by atoms with Crippen LogP contribution in [0.1, 0.15) is 0 Å². The molecule has 0 amide bonds. The minimum atomic E-state index is -0.729. The first-order valence-corrected chi connectivity index (χ1v) is 13.9. The summed E-state index contributed by atoms with van der Waals surface area (Å²) in [4.78, 5) is 0. The molecular formula is C3H5PPb. The summed E-state index contributed by atoms with van der Waals surface area (Å²) in [5.41, 5.74) is 0. The minimum absolute atomic E-state index is 0.729. The van der Waals surface area contributed by atoms with Crippen molar-refractivity contribution in [2.24, 2.45) is 0 Å². The van der Waals surface area contributed by atoms with Crippen LogP contribution < -0.4 is 0 Å². The van der Waals surface area contributed by atoms with Crippen LogP contribution in [0.5, 0.6) is 0 Å². The average molecular weight is 279 g/mol. The second-order valence-corrected chi connectivity index (χ2v) is 17.1. The molecule has 0 atom stereocenters. The SMILES string of the molecule is [CH3][Pb]1=[P]C=[CH]1. The third kappa shape index (κ3) is 0.898. The predicted molar refractivity (Wildman–Crippen MR) is 27.7 cm³/mol. The fraction of sp³-hybridized carbons (Fsp3) is 0.333. The molecule has 0 aromatic carbocycles. The number of hydrogen-bond donors (Lipinski definition) is 0. The molecule has 0 saturated carbocycles. The molecule has 0 nitrogen and oxygen atoms in total. The van der Waals surface area contributed by atoms with Gasteiger partial charge >= 0.3 is 40.7 Å². The third-order valence-corrected chi connectivity index (χ3v) is 12.7. The van der Waals surface area contributed by atoms with Crippen LogP contribution in [-0.2, 0) is 0 Å². The van der Waals surface area contributed by atoms with E-state index >= 15 is 0 Å².